The molecular formula is C15H8F6O. The minimum Gasteiger partial charge on any atom is -0.289 e. The van der Waals surface area contributed by atoms with Gasteiger partial charge in [0.2, 0.25) is 0 Å². The molecule has 0 spiro atoms. The number of halogens is 6. The quantitative estimate of drug-likeness (QED) is 0.456. The average molecular weight is 318 g/mol. The van der Waals surface area contributed by atoms with Crippen molar-refractivity contribution in [2.75, 3.05) is 0 Å². The second kappa shape index (κ2) is 5.47. The van der Waals surface area contributed by atoms with Crippen LogP contribution in [-0.2, 0) is 0 Å². The first-order valence-corrected chi connectivity index (χ1v) is 5.99. The van der Waals surface area contributed by atoms with Crippen LogP contribution in [0.3, 0.4) is 0 Å². The van der Waals surface area contributed by atoms with Crippen molar-refractivity contribution in [3.63, 3.8) is 0 Å². The molecule has 116 valence electrons. The smallest absolute Gasteiger partial charge is 0.194 e. The Hall–Kier alpha value is -2.31. The molecule has 0 saturated heterocycles. The highest BCUT2D eigenvalue weighted by molar-refractivity contribution is 6.10. The predicted molar refractivity (Wildman–Crippen MR) is 65.5 cm³/mol. The van der Waals surface area contributed by atoms with Crippen LogP contribution < -0.4 is 0 Å². The van der Waals surface area contributed by atoms with E-state index in [1.165, 1.54) is 0 Å². The third-order valence-corrected chi connectivity index (χ3v) is 3.30. The Morgan fingerprint density at radius 2 is 1.00 bits per heavy atom. The topological polar surface area (TPSA) is 17.1 Å². The highest BCUT2D eigenvalue weighted by Gasteiger charge is 2.25. The van der Waals surface area contributed by atoms with E-state index in [1.807, 2.05) is 0 Å². The average Bonchev–Trinajstić information content (AvgIpc) is 2.49. The Labute approximate surface area is 121 Å². The van der Waals surface area contributed by atoms with Crippen molar-refractivity contribution in [3.05, 3.63) is 69.3 Å². The van der Waals surface area contributed by atoms with Gasteiger partial charge >= 0.3 is 0 Å². The largest absolute Gasteiger partial charge is 0.289 e. The van der Waals surface area contributed by atoms with Gasteiger partial charge in [-0.1, -0.05) is 0 Å². The molecule has 0 saturated carbocycles. The normalized spacial score (nSPS) is 10.9. The molecule has 0 unspecified atom stereocenters. The molecule has 0 radical (unpaired) electrons. The second-order valence-electron chi connectivity index (χ2n) is 4.65. The van der Waals surface area contributed by atoms with E-state index in [-0.39, 0.29) is 0 Å². The summed E-state index contributed by atoms with van der Waals surface area (Å²) in [5, 5.41) is 0. The van der Waals surface area contributed by atoms with Crippen molar-refractivity contribution < 1.29 is 31.1 Å². The fourth-order valence-corrected chi connectivity index (χ4v) is 1.99. The fraction of sp³-hybridized carbons (Fsp3) is 0.133. The lowest BCUT2D eigenvalue weighted by Crippen LogP contribution is -2.12. The summed E-state index contributed by atoms with van der Waals surface area (Å²) in [5.41, 5.74) is -2.25. The molecule has 1 nitrogen and oxygen atoms in total. The number of benzene rings is 2. The van der Waals surface area contributed by atoms with Gasteiger partial charge in [0.05, 0.1) is 0 Å². The lowest BCUT2D eigenvalue weighted by atomic mass is 9.95. The lowest BCUT2D eigenvalue weighted by molar-refractivity contribution is 0.103. The number of hydrogen-bond donors (Lipinski definition) is 0. The van der Waals surface area contributed by atoms with Gasteiger partial charge in [-0.05, 0) is 37.1 Å². The van der Waals surface area contributed by atoms with Crippen LogP contribution in [0.4, 0.5) is 26.3 Å². The van der Waals surface area contributed by atoms with E-state index in [0.717, 1.165) is 13.8 Å². The summed E-state index contributed by atoms with van der Waals surface area (Å²) in [6.07, 6.45) is 0. The number of carbonyl (C=O) groups excluding carboxylic acids is 1. The predicted octanol–water partition coefficient (Wildman–Crippen LogP) is 4.37. The molecule has 2 aromatic carbocycles. The monoisotopic (exact) mass is 318 g/mol. The molecule has 0 aliphatic carbocycles. The Kier molecular flexibility index (Phi) is 4.00. The van der Waals surface area contributed by atoms with Crippen molar-refractivity contribution in [1.82, 2.24) is 0 Å². The third-order valence-electron chi connectivity index (χ3n) is 3.30. The Morgan fingerprint density at radius 3 is 1.32 bits per heavy atom. The number of carbonyl (C=O) groups is 1. The molecule has 0 heterocycles. The Balaban J connectivity index is 2.69. The van der Waals surface area contributed by atoms with Gasteiger partial charge in [-0.25, -0.2) is 26.3 Å². The molecule has 0 aliphatic heterocycles. The first kappa shape index (κ1) is 16.1. The first-order valence-electron chi connectivity index (χ1n) is 5.99. The fourth-order valence-electron chi connectivity index (χ4n) is 1.99. The van der Waals surface area contributed by atoms with Crippen LogP contribution in [0.5, 0.6) is 0 Å². The summed E-state index contributed by atoms with van der Waals surface area (Å²) >= 11 is 0. The molecule has 2 aromatic rings. The summed E-state index contributed by atoms with van der Waals surface area (Å²) < 4.78 is 79.6. The summed E-state index contributed by atoms with van der Waals surface area (Å²) in [7, 11) is 0. The van der Waals surface area contributed by atoms with Crippen molar-refractivity contribution in [2.24, 2.45) is 0 Å². The highest BCUT2D eigenvalue weighted by Crippen LogP contribution is 2.26. The molecule has 7 heteroatoms. The zero-order valence-electron chi connectivity index (χ0n) is 11.3. The van der Waals surface area contributed by atoms with Gasteiger partial charge in [0.15, 0.2) is 40.7 Å². The maximum absolute atomic E-state index is 13.5. The van der Waals surface area contributed by atoms with Crippen LogP contribution in [0.1, 0.15) is 27.0 Å². The Bertz CT molecular complexity index is 732. The van der Waals surface area contributed by atoms with E-state index in [4.69, 9.17) is 0 Å². The van der Waals surface area contributed by atoms with E-state index in [9.17, 15) is 31.1 Å². The van der Waals surface area contributed by atoms with Gasteiger partial charge < -0.3 is 0 Å². The number of ketones is 1. The van der Waals surface area contributed by atoms with Gasteiger partial charge in [-0.3, -0.25) is 4.79 Å². The van der Waals surface area contributed by atoms with Gasteiger partial charge in [-0.15, -0.1) is 0 Å². The first-order chi connectivity index (χ1) is 10.2. The maximum atomic E-state index is 13.5. The standard InChI is InChI=1S/C15H8F6O/c1-5-7(3-9(16)13(20)11(5)18)15(22)8-4-10(17)14(21)12(19)6(8)2/h3-4H,1-2H3. The maximum Gasteiger partial charge on any atom is 0.194 e. The van der Waals surface area contributed by atoms with Crippen LogP contribution in [0.25, 0.3) is 0 Å². The number of hydrogen-bond acceptors (Lipinski definition) is 1. The van der Waals surface area contributed by atoms with Gasteiger partial charge in [-0.2, -0.15) is 0 Å². The van der Waals surface area contributed by atoms with Crippen LogP contribution in [0.2, 0.25) is 0 Å². The molecule has 2 rings (SSSR count). The Morgan fingerprint density at radius 1 is 0.682 bits per heavy atom. The van der Waals surface area contributed by atoms with Crippen molar-refractivity contribution in [3.8, 4) is 0 Å². The summed E-state index contributed by atoms with van der Waals surface area (Å²) in [5.74, 6) is -11.1. The lowest BCUT2D eigenvalue weighted by Gasteiger charge is -2.11. The molecule has 0 amide bonds. The van der Waals surface area contributed by atoms with E-state index in [2.05, 4.69) is 0 Å². The summed E-state index contributed by atoms with van der Waals surface area (Å²) in [4.78, 5) is 12.2. The van der Waals surface area contributed by atoms with E-state index in [0.29, 0.717) is 12.1 Å². The molecule has 0 atom stereocenters. The van der Waals surface area contributed by atoms with Gasteiger partial charge in [0.25, 0.3) is 0 Å². The summed E-state index contributed by atoms with van der Waals surface area (Å²) in [6, 6.07) is 0.851. The van der Waals surface area contributed by atoms with Crippen molar-refractivity contribution in [1.29, 1.82) is 0 Å². The molecule has 0 bridgehead atoms. The molecule has 0 aliphatic rings. The second-order valence-corrected chi connectivity index (χ2v) is 4.65. The minimum absolute atomic E-state index is 0.425. The van der Waals surface area contributed by atoms with Crippen molar-refractivity contribution >= 4 is 5.78 Å². The summed E-state index contributed by atoms with van der Waals surface area (Å²) in [6.45, 7) is 2.02. The molecule has 0 aromatic heterocycles. The molecule has 0 N–H and O–H groups in total. The van der Waals surface area contributed by atoms with E-state index in [1.54, 1.807) is 0 Å². The van der Waals surface area contributed by atoms with Crippen molar-refractivity contribution in [2.45, 2.75) is 13.8 Å². The SMILES string of the molecule is Cc1c(C(=O)c2cc(F)c(F)c(F)c2C)cc(F)c(F)c1F. The van der Waals surface area contributed by atoms with Crippen LogP contribution in [-0.4, -0.2) is 5.78 Å². The van der Waals surface area contributed by atoms with E-state index < -0.39 is 62.9 Å². The molecular weight excluding hydrogens is 310 g/mol. The third kappa shape index (κ3) is 2.36. The molecule has 22 heavy (non-hydrogen) atoms. The molecule has 0 fully saturated rings. The zero-order chi connectivity index (χ0) is 16.8. The van der Waals surface area contributed by atoms with Crippen LogP contribution in [0, 0.1) is 48.8 Å². The number of rotatable bonds is 2. The minimum atomic E-state index is -1.76. The van der Waals surface area contributed by atoms with Gasteiger partial charge in [0, 0.05) is 11.1 Å². The van der Waals surface area contributed by atoms with Crippen LogP contribution >= 0.6 is 0 Å². The zero-order valence-corrected chi connectivity index (χ0v) is 11.3. The van der Waals surface area contributed by atoms with Gasteiger partial charge in [0.1, 0.15) is 0 Å². The van der Waals surface area contributed by atoms with E-state index >= 15 is 0 Å². The van der Waals surface area contributed by atoms with Crippen LogP contribution in [0.15, 0.2) is 12.1 Å². The highest BCUT2D eigenvalue weighted by atomic mass is 19.2.